The van der Waals surface area contributed by atoms with E-state index >= 15 is 0 Å². The zero-order valence-corrected chi connectivity index (χ0v) is 39.5. The predicted molar refractivity (Wildman–Crippen MR) is 256 cm³/mol. The third-order valence-electron chi connectivity index (χ3n) is 11.7. The molecule has 59 heavy (non-hydrogen) atoms. The van der Waals surface area contributed by atoms with Crippen molar-refractivity contribution in [3.63, 3.8) is 0 Å². The van der Waals surface area contributed by atoms with Crippen molar-refractivity contribution in [2.45, 2.75) is 283 Å². The first kappa shape index (κ1) is 57.1. The summed E-state index contributed by atoms with van der Waals surface area (Å²) >= 11 is 0. The zero-order valence-electron chi connectivity index (χ0n) is 39.5. The highest BCUT2D eigenvalue weighted by Crippen LogP contribution is 2.16. The largest absolute Gasteiger partial charge is 0.462 e. The van der Waals surface area contributed by atoms with Crippen molar-refractivity contribution < 1.29 is 24.2 Å². The lowest BCUT2D eigenvalue weighted by Gasteiger charge is -2.15. The monoisotopic (exact) mass is 829 g/mol. The summed E-state index contributed by atoms with van der Waals surface area (Å²) in [5.41, 5.74) is 0. The summed E-state index contributed by atoms with van der Waals surface area (Å²) in [7, 11) is 0. The Morgan fingerprint density at radius 2 is 0.678 bits per heavy atom. The molecule has 0 amide bonds. The van der Waals surface area contributed by atoms with Crippen LogP contribution in [0.1, 0.15) is 277 Å². The minimum Gasteiger partial charge on any atom is -0.462 e. The number of hydrogen-bond donors (Lipinski definition) is 1. The van der Waals surface area contributed by atoms with E-state index in [2.05, 4.69) is 50.3 Å². The van der Waals surface area contributed by atoms with Crippen molar-refractivity contribution in [3.8, 4) is 0 Å². The maximum absolute atomic E-state index is 12.2. The van der Waals surface area contributed by atoms with Crippen LogP contribution in [0.25, 0.3) is 0 Å². The molecule has 0 radical (unpaired) electrons. The smallest absolute Gasteiger partial charge is 0.306 e. The van der Waals surface area contributed by atoms with E-state index in [1.165, 1.54) is 199 Å². The summed E-state index contributed by atoms with van der Waals surface area (Å²) in [6.07, 6.45) is 63.9. The third-order valence-corrected chi connectivity index (χ3v) is 11.7. The van der Waals surface area contributed by atoms with Crippen LogP contribution in [0.2, 0.25) is 0 Å². The van der Waals surface area contributed by atoms with Gasteiger partial charge in [-0.3, -0.25) is 9.59 Å². The second-order valence-electron chi connectivity index (χ2n) is 17.6. The summed E-state index contributed by atoms with van der Waals surface area (Å²) in [6.45, 7) is 4.14. The van der Waals surface area contributed by atoms with E-state index in [-0.39, 0.29) is 25.2 Å². The Morgan fingerprint density at radius 1 is 0.390 bits per heavy atom. The number of aliphatic hydroxyl groups excluding tert-OH is 1. The van der Waals surface area contributed by atoms with Crippen LogP contribution in [0.4, 0.5) is 0 Å². The molecule has 0 aromatic rings. The normalized spacial score (nSPS) is 12.4. The first-order valence-electron chi connectivity index (χ1n) is 26.0. The minimum absolute atomic E-state index is 0.0684. The molecule has 0 aromatic heterocycles. The molecule has 0 spiro atoms. The van der Waals surface area contributed by atoms with Crippen LogP contribution < -0.4 is 0 Å². The van der Waals surface area contributed by atoms with Crippen LogP contribution in [0, 0.1) is 0 Å². The molecule has 346 valence electrons. The highest BCUT2D eigenvalue weighted by atomic mass is 16.6. The molecule has 0 aromatic carbocycles. The fraction of sp³-hybridized carbons (Fsp3) is 0.852. The van der Waals surface area contributed by atoms with E-state index < -0.39 is 6.10 Å². The van der Waals surface area contributed by atoms with Crippen molar-refractivity contribution >= 4 is 11.9 Å². The summed E-state index contributed by atoms with van der Waals surface area (Å²) in [6, 6.07) is 0. The second-order valence-corrected chi connectivity index (χ2v) is 17.6. The number of carbonyl (C=O) groups excluding carboxylic acids is 2. The molecule has 0 rings (SSSR count). The van der Waals surface area contributed by atoms with E-state index in [4.69, 9.17) is 9.47 Å². The summed E-state index contributed by atoms with van der Waals surface area (Å²) in [5, 5.41) is 9.61. The Balaban J connectivity index is 3.44. The van der Waals surface area contributed by atoms with Crippen LogP contribution in [-0.2, 0) is 19.1 Å². The number of unbranched alkanes of at least 4 members (excludes halogenated alkanes) is 34. The highest BCUT2D eigenvalue weighted by Gasteiger charge is 2.16. The molecule has 1 atom stereocenters. The molecule has 5 nitrogen and oxygen atoms in total. The fourth-order valence-electron chi connectivity index (χ4n) is 7.70. The maximum Gasteiger partial charge on any atom is 0.306 e. The Labute approximate surface area is 367 Å². The second kappa shape index (κ2) is 50.5. The van der Waals surface area contributed by atoms with Gasteiger partial charge in [-0.05, 0) is 70.6 Å². The van der Waals surface area contributed by atoms with Crippen molar-refractivity contribution in [1.29, 1.82) is 0 Å². The number of ether oxygens (including phenoxy) is 2. The topological polar surface area (TPSA) is 72.8 Å². The zero-order chi connectivity index (χ0) is 42.8. The SMILES string of the molecule is CCCCCC/C=C\C/C=C\CCCCCCCC(=O)OC(CO)COC(=O)CCCCCCCCCCCCCCCCCCC/C=C\CCCCCCCCCC. The molecule has 0 aliphatic rings. The van der Waals surface area contributed by atoms with Crippen LogP contribution >= 0.6 is 0 Å². The molecule has 0 aliphatic heterocycles. The molecule has 0 bridgehead atoms. The van der Waals surface area contributed by atoms with Crippen LogP contribution in [0.5, 0.6) is 0 Å². The van der Waals surface area contributed by atoms with E-state index in [0.717, 1.165) is 51.4 Å². The van der Waals surface area contributed by atoms with E-state index in [1.807, 2.05) is 0 Å². The van der Waals surface area contributed by atoms with Crippen molar-refractivity contribution in [1.82, 2.24) is 0 Å². The molecule has 0 aliphatic carbocycles. The Kier molecular flexibility index (Phi) is 48.9. The van der Waals surface area contributed by atoms with Gasteiger partial charge >= 0.3 is 11.9 Å². The molecule has 1 unspecified atom stereocenters. The minimum atomic E-state index is -0.777. The first-order chi connectivity index (χ1) is 29.1. The summed E-state index contributed by atoms with van der Waals surface area (Å²) in [4.78, 5) is 24.4. The molecule has 0 fully saturated rings. The van der Waals surface area contributed by atoms with E-state index in [1.54, 1.807) is 0 Å². The Morgan fingerprint density at radius 3 is 1.03 bits per heavy atom. The lowest BCUT2D eigenvalue weighted by molar-refractivity contribution is -0.161. The number of aliphatic hydroxyl groups is 1. The van der Waals surface area contributed by atoms with Gasteiger partial charge < -0.3 is 14.6 Å². The van der Waals surface area contributed by atoms with Gasteiger partial charge in [-0.1, -0.05) is 230 Å². The average Bonchev–Trinajstić information content (AvgIpc) is 3.24. The van der Waals surface area contributed by atoms with Crippen molar-refractivity contribution in [2.75, 3.05) is 13.2 Å². The first-order valence-corrected chi connectivity index (χ1v) is 26.0. The van der Waals surface area contributed by atoms with Crippen molar-refractivity contribution in [2.24, 2.45) is 0 Å². The maximum atomic E-state index is 12.2. The van der Waals surface area contributed by atoms with Crippen LogP contribution in [-0.4, -0.2) is 36.4 Å². The van der Waals surface area contributed by atoms with E-state index in [0.29, 0.717) is 12.8 Å². The summed E-state index contributed by atoms with van der Waals surface area (Å²) < 4.78 is 10.7. The van der Waals surface area contributed by atoms with Gasteiger partial charge in [-0.2, -0.15) is 0 Å². The van der Waals surface area contributed by atoms with Gasteiger partial charge in [0.1, 0.15) is 6.61 Å². The number of allylic oxidation sites excluding steroid dienone is 6. The molecule has 0 saturated heterocycles. The number of hydrogen-bond acceptors (Lipinski definition) is 5. The van der Waals surface area contributed by atoms with Gasteiger partial charge in [0.2, 0.25) is 0 Å². The van der Waals surface area contributed by atoms with Crippen LogP contribution in [0.3, 0.4) is 0 Å². The number of carbonyl (C=O) groups is 2. The molecule has 0 heterocycles. The van der Waals surface area contributed by atoms with Gasteiger partial charge in [0.25, 0.3) is 0 Å². The van der Waals surface area contributed by atoms with Gasteiger partial charge in [0.05, 0.1) is 6.61 Å². The number of esters is 2. The lowest BCUT2D eigenvalue weighted by atomic mass is 10.0. The fourth-order valence-corrected chi connectivity index (χ4v) is 7.70. The Bertz CT molecular complexity index is 939. The van der Waals surface area contributed by atoms with Gasteiger partial charge in [-0.15, -0.1) is 0 Å². The van der Waals surface area contributed by atoms with Crippen LogP contribution in [0.15, 0.2) is 36.5 Å². The average molecular weight is 829 g/mol. The van der Waals surface area contributed by atoms with Gasteiger partial charge in [0, 0.05) is 12.8 Å². The molecular weight excluding hydrogens is 729 g/mol. The molecular formula is C54H100O5. The Hall–Kier alpha value is -1.88. The number of rotatable bonds is 48. The standard InChI is InChI=1S/C54H100O5/c1-3-5-7-9-11-13-15-17-19-21-22-23-24-25-26-27-28-29-30-31-32-33-35-36-38-40-42-44-46-48-53(56)58-51-52(50-55)59-54(57)49-47-45-43-41-39-37-34-20-18-16-14-12-10-8-6-4-2/h14,16,20-22,34,52,55H,3-13,15,17-19,23-33,35-51H2,1-2H3/b16-14-,22-21-,34-20-. The van der Waals surface area contributed by atoms with E-state index in [9.17, 15) is 14.7 Å². The molecule has 0 saturated carbocycles. The summed E-state index contributed by atoms with van der Waals surface area (Å²) in [5.74, 6) is -0.595. The highest BCUT2D eigenvalue weighted by molar-refractivity contribution is 5.70. The predicted octanol–water partition coefficient (Wildman–Crippen LogP) is 17.1. The molecule has 5 heteroatoms. The quantitative estimate of drug-likeness (QED) is 0.0376. The molecule has 1 N–H and O–H groups in total. The third kappa shape index (κ3) is 48.7. The van der Waals surface area contributed by atoms with Gasteiger partial charge in [-0.25, -0.2) is 0 Å². The van der Waals surface area contributed by atoms with Crippen molar-refractivity contribution in [3.05, 3.63) is 36.5 Å². The van der Waals surface area contributed by atoms with Gasteiger partial charge in [0.15, 0.2) is 6.10 Å². The lowest BCUT2D eigenvalue weighted by Crippen LogP contribution is -2.28.